The molecule has 1 aromatic carbocycles. The predicted octanol–water partition coefficient (Wildman–Crippen LogP) is 1.89. The van der Waals surface area contributed by atoms with Crippen molar-refractivity contribution in [3.05, 3.63) is 29.3 Å². The molecule has 0 spiro atoms. The number of hydrogen-bond donors (Lipinski definition) is 1. The fraction of sp³-hybridized carbons (Fsp3) is 0.562. The molecular formula is C16H23N3O. The van der Waals surface area contributed by atoms with Gasteiger partial charge >= 0.3 is 0 Å². The van der Waals surface area contributed by atoms with Crippen LogP contribution in [0, 0.1) is 6.92 Å². The largest absolute Gasteiger partial charge is 0.398 e. The Hall–Kier alpha value is -1.55. The Balaban J connectivity index is 1.84. The lowest BCUT2D eigenvalue weighted by molar-refractivity contribution is 0.0740. The number of carbonyl (C=O) groups is 1. The zero-order valence-electron chi connectivity index (χ0n) is 12.3. The molecule has 0 saturated carbocycles. The lowest BCUT2D eigenvalue weighted by atomic mass is 10.0. The van der Waals surface area contributed by atoms with Crippen molar-refractivity contribution in [2.24, 2.45) is 0 Å². The van der Waals surface area contributed by atoms with Gasteiger partial charge in [-0.15, -0.1) is 0 Å². The van der Waals surface area contributed by atoms with Crippen molar-refractivity contribution >= 4 is 11.6 Å². The zero-order chi connectivity index (χ0) is 14.3. The smallest absolute Gasteiger partial charge is 0.256 e. The van der Waals surface area contributed by atoms with Crippen LogP contribution in [0.4, 0.5) is 5.69 Å². The number of benzene rings is 1. The first-order valence-corrected chi connectivity index (χ1v) is 7.44. The zero-order valence-corrected chi connectivity index (χ0v) is 12.3. The van der Waals surface area contributed by atoms with E-state index in [1.54, 1.807) is 0 Å². The van der Waals surface area contributed by atoms with Gasteiger partial charge in [-0.05, 0) is 44.9 Å². The molecule has 2 fully saturated rings. The van der Waals surface area contributed by atoms with Gasteiger partial charge in [0.2, 0.25) is 0 Å². The van der Waals surface area contributed by atoms with E-state index in [0.717, 1.165) is 25.1 Å². The summed E-state index contributed by atoms with van der Waals surface area (Å²) in [6.45, 7) is 3.64. The molecule has 0 aromatic heterocycles. The first-order valence-electron chi connectivity index (χ1n) is 7.44. The van der Waals surface area contributed by atoms with Gasteiger partial charge in [0.25, 0.3) is 5.91 Å². The van der Waals surface area contributed by atoms with Crippen molar-refractivity contribution in [3.8, 4) is 0 Å². The van der Waals surface area contributed by atoms with Crippen molar-refractivity contribution in [3.63, 3.8) is 0 Å². The highest BCUT2D eigenvalue weighted by molar-refractivity contribution is 6.00. The van der Waals surface area contributed by atoms with Crippen molar-refractivity contribution in [1.82, 2.24) is 9.80 Å². The molecule has 2 saturated heterocycles. The number of aryl methyl sites for hydroxylation is 1. The number of rotatable bonds is 1. The van der Waals surface area contributed by atoms with Gasteiger partial charge < -0.3 is 10.6 Å². The van der Waals surface area contributed by atoms with Gasteiger partial charge in [-0.1, -0.05) is 12.1 Å². The number of nitrogens with two attached hydrogens (primary N) is 1. The number of nitrogen functional groups attached to an aromatic ring is 1. The van der Waals surface area contributed by atoms with Gasteiger partial charge in [-0.2, -0.15) is 0 Å². The molecule has 4 heteroatoms. The van der Waals surface area contributed by atoms with Crippen molar-refractivity contribution < 1.29 is 4.79 Å². The summed E-state index contributed by atoms with van der Waals surface area (Å²) in [6.07, 6.45) is 3.55. The second-order valence-corrected chi connectivity index (χ2v) is 6.13. The number of hydrogen-bond acceptors (Lipinski definition) is 3. The maximum atomic E-state index is 12.8. The third-order valence-corrected chi connectivity index (χ3v) is 4.95. The third kappa shape index (κ3) is 2.18. The molecular weight excluding hydrogens is 250 g/mol. The first-order chi connectivity index (χ1) is 9.58. The highest BCUT2D eigenvalue weighted by Gasteiger charge is 2.36. The van der Waals surface area contributed by atoms with Crippen molar-refractivity contribution in [2.75, 3.05) is 25.9 Å². The summed E-state index contributed by atoms with van der Waals surface area (Å²) in [4.78, 5) is 17.3. The van der Waals surface area contributed by atoms with Gasteiger partial charge in [-0.25, -0.2) is 0 Å². The average Bonchev–Trinajstić information content (AvgIpc) is 2.62. The van der Waals surface area contributed by atoms with Crippen molar-refractivity contribution in [2.45, 2.75) is 38.3 Å². The van der Waals surface area contributed by atoms with E-state index in [0.29, 0.717) is 23.3 Å². The van der Waals surface area contributed by atoms with E-state index in [1.807, 2.05) is 30.0 Å². The molecule has 1 amide bonds. The van der Waals surface area contributed by atoms with Crippen LogP contribution in [0.15, 0.2) is 18.2 Å². The van der Waals surface area contributed by atoms with Crippen LogP contribution in [-0.2, 0) is 0 Å². The lowest BCUT2D eigenvalue weighted by Gasteiger charge is -2.26. The normalized spacial score (nSPS) is 26.6. The first kappa shape index (κ1) is 13.4. The average molecular weight is 273 g/mol. The number of likely N-dealkylation sites (tertiary alicyclic amines) is 1. The summed E-state index contributed by atoms with van der Waals surface area (Å²) in [7, 11) is 2.19. The summed E-state index contributed by atoms with van der Waals surface area (Å²) < 4.78 is 0. The van der Waals surface area contributed by atoms with Gasteiger partial charge in [0.1, 0.15) is 0 Å². The minimum Gasteiger partial charge on any atom is -0.398 e. The summed E-state index contributed by atoms with van der Waals surface area (Å²) in [5.41, 5.74) is 8.27. The Kier molecular flexibility index (Phi) is 3.42. The number of fused-ring (bicyclic) bond motifs is 2. The SMILES string of the molecule is Cc1cccc(N)c1C(=O)N1CCC2CCC(C1)N2C. The van der Waals surface area contributed by atoms with E-state index in [1.165, 1.54) is 12.8 Å². The quantitative estimate of drug-likeness (QED) is 0.795. The van der Waals surface area contributed by atoms with Gasteiger partial charge in [0.15, 0.2) is 0 Å². The van der Waals surface area contributed by atoms with Gasteiger partial charge in [0, 0.05) is 30.9 Å². The fourth-order valence-electron chi connectivity index (χ4n) is 3.63. The van der Waals surface area contributed by atoms with Crippen molar-refractivity contribution in [1.29, 1.82) is 0 Å². The number of nitrogens with zero attached hydrogens (tertiary/aromatic N) is 2. The number of carbonyl (C=O) groups excluding carboxylic acids is 1. The Morgan fingerprint density at radius 3 is 2.75 bits per heavy atom. The summed E-state index contributed by atoms with van der Waals surface area (Å²) in [5, 5.41) is 0. The van der Waals surface area contributed by atoms with Crippen LogP contribution >= 0.6 is 0 Å². The molecule has 2 aliphatic heterocycles. The molecule has 2 N–H and O–H groups in total. The standard InChI is InChI=1S/C16H23N3O/c1-11-4-3-5-14(17)15(11)16(20)19-9-8-12-6-7-13(10-19)18(12)2/h3-5,12-13H,6-10,17H2,1-2H3. The summed E-state index contributed by atoms with van der Waals surface area (Å²) >= 11 is 0. The van der Waals surface area contributed by atoms with E-state index >= 15 is 0 Å². The molecule has 2 atom stereocenters. The topological polar surface area (TPSA) is 49.6 Å². The van der Waals surface area contributed by atoms with E-state index in [4.69, 9.17) is 5.73 Å². The molecule has 2 bridgehead atoms. The number of likely N-dealkylation sites (N-methyl/N-ethyl adjacent to an activating group) is 1. The Bertz CT molecular complexity index is 508. The molecule has 0 radical (unpaired) electrons. The van der Waals surface area contributed by atoms with Gasteiger partial charge in [0.05, 0.1) is 5.56 Å². The van der Waals surface area contributed by atoms with E-state index in [9.17, 15) is 4.79 Å². The lowest BCUT2D eigenvalue weighted by Crippen LogP contribution is -2.40. The molecule has 108 valence electrons. The van der Waals surface area contributed by atoms with Crippen LogP contribution in [0.2, 0.25) is 0 Å². The third-order valence-electron chi connectivity index (χ3n) is 4.95. The molecule has 20 heavy (non-hydrogen) atoms. The minimum atomic E-state index is 0.0987. The summed E-state index contributed by atoms with van der Waals surface area (Å²) in [5.74, 6) is 0.0987. The van der Waals surface area contributed by atoms with Crippen LogP contribution in [0.25, 0.3) is 0 Å². The van der Waals surface area contributed by atoms with Crippen LogP contribution < -0.4 is 5.73 Å². The minimum absolute atomic E-state index is 0.0987. The molecule has 4 nitrogen and oxygen atoms in total. The molecule has 2 aliphatic rings. The molecule has 2 heterocycles. The van der Waals surface area contributed by atoms with Crippen LogP contribution in [0.5, 0.6) is 0 Å². The Labute approximate surface area is 120 Å². The van der Waals surface area contributed by atoms with E-state index < -0.39 is 0 Å². The monoisotopic (exact) mass is 273 g/mol. The maximum absolute atomic E-state index is 12.8. The predicted molar refractivity (Wildman–Crippen MR) is 80.7 cm³/mol. The molecule has 0 aliphatic carbocycles. The Morgan fingerprint density at radius 2 is 2.00 bits per heavy atom. The van der Waals surface area contributed by atoms with E-state index in [2.05, 4.69) is 11.9 Å². The van der Waals surface area contributed by atoms with E-state index in [-0.39, 0.29) is 5.91 Å². The Morgan fingerprint density at radius 1 is 1.25 bits per heavy atom. The summed E-state index contributed by atoms with van der Waals surface area (Å²) in [6, 6.07) is 6.83. The molecule has 3 rings (SSSR count). The maximum Gasteiger partial charge on any atom is 0.256 e. The van der Waals surface area contributed by atoms with Crippen LogP contribution in [0.1, 0.15) is 35.2 Å². The second-order valence-electron chi connectivity index (χ2n) is 6.13. The highest BCUT2D eigenvalue weighted by atomic mass is 16.2. The highest BCUT2D eigenvalue weighted by Crippen LogP contribution is 2.29. The molecule has 1 aromatic rings. The number of amides is 1. The fourth-order valence-corrected chi connectivity index (χ4v) is 3.63. The molecule has 2 unspecified atom stereocenters. The van der Waals surface area contributed by atoms with Crippen LogP contribution in [0.3, 0.4) is 0 Å². The number of anilines is 1. The second kappa shape index (κ2) is 5.09. The van der Waals surface area contributed by atoms with Crippen LogP contribution in [-0.4, -0.2) is 47.9 Å². The van der Waals surface area contributed by atoms with Gasteiger partial charge in [-0.3, -0.25) is 9.69 Å².